The number of hydrogen-bond acceptors (Lipinski definition) is 0. The van der Waals surface area contributed by atoms with Crippen molar-refractivity contribution in [2.75, 3.05) is 0 Å². The fourth-order valence-electron chi connectivity index (χ4n) is 13.4. The van der Waals surface area contributed by atoms with Gasteiger partial charge in [-0.1, -0.05) is 279 Å². The van der Waals surface area contributed by atoms with Crippen molar-refractivity contribution in [3.63, 3.8) is 0 Å². The standard InChI is InChI=1S/C79H76N2/c1-75(2,3)53-39-31-49(32-40-53)69-61-27-19-21-29-65(61)80(73(69)51-35-43-55(44-36-51)77(7,8)9)67-47-63-71(59-25-17-15-23-57(59)67)72-60-26-18-16-24-58(60)68(48-64(72)79(63,13)14)81-66-30-22-20-28-62(66)70(50-33-41-54(42-34-50)76(4,5)6)74(81)52-37-45-56(46-38-52)78(10,11)12/h15-48H,1-14H3. The summed E-state index contributed by atoms with van der Waals surface area (Å²) in [6, 6.07) is 79.4. The van der Waals surface area contributed by atoms with Crippen molar-refractivity contribution in [1.29, 1.82) is 0 Å². The van der Waals surface area contributed by atoms with Crippen molar-refractivity contribution in [2.24, 2.45) is 0 Å². The van der Waals surface area contributed by atoms with Gasteiger partial charge in [0.25, 0.3) is 0 Å². The van der Waals surface area contributed by atoms with Crippen LogP contribution in [0.3, 0.4) is 0 Å². The van der Waals surface area contributed by atoms with Crippen LogP contribution in [0.2, 0.25) is 0 Å². The highest BCUT2D eigenvalue weighted by Crippen LogP contribution is 2.58. The molecule has 0 amide bonds. The van der Waals surface area contributed by atoms with Crippen molar-refractivity contribution in [1.82, 2.24) is 9.13 Å². The second kappa shape index (κ2) is 18.4. The lowest BCUT2D eigenvalue weighted by Gasteiger charge is -2.25. The van der Waals surface area contributed by atoms with E-state index in [2.05, 4.69) is 312 Å². The summed E-state index contributed by atoms with van der Waals surface area (Å²) < 4.78 is 5.22. The minimum Gasteiger partial charge on any atom is -0.308 e. The van der Waals surface area contributed by atoms with Gasteiger partial charge in [0.2, 0.25) is 0 Å². The molecule has 0 saturated heterocycles. The van der Waals surface area contributed by atoms with Gasteiger partial charge in [0.05, 0.1) is 33.8 Å². The molecular weight excluding hydrogens is 977 g/mol. The molecule has 2 aromatic heterocycles. The van der Waals surface area contributed by atoms with Crippen LogP contribution in [0.15, 0.2) is 206 Å². The van der Waals surface area contributed by atoms with Crippen LogP contribution in [-0.2, 0) is 27.1 Å². The van der Waals surface area contributed by atoms with E-state index in [4.69, 9.17) is 0 Å². The van der Waals surface area contributed by atoms with Crippen LogP contribution in [0.4, 0.5) is 0 Å². The van der Waals surface area contributed by atoms with Crippen LogP contribution < -0.4 is 0 Å². The molecule has 2 heterocycles. The number of nitrogens with zero attached hydrogens (tertiary/aromatic N) is 2. The molecule has 0 aliphatic heterocycles. The van der Waals surface area contributed by atoms with Gasteiger partial charge in [-0.2, -0.15) is 0 Å². The second-order valence-corrected chi connectivity index (χ2v) is 27.8. The highest BCUT2D eigenvalue weighted by Gasteiger charge is 2.40. The van der Waals surface area contributed by atoms with Gasteiger partial charge >= 0.3 is 0 Å². The fraction of sp³-hybridized carbons (Fsp3) is 0.241. The van der Waals surface area contributed by atoms with E-state index in [0.717, 1.165) is 0 Å². The first-order valence-corrected chi connectivity index (χ1v) is 29.3. The molecule has 1 aliphatic carbocycles. The summed E-state index contributed by atoms with van der Waals surface area (Å²) in [5, 5.41) is 7.48. The zero-order valence-electron chi connectivity index (χ0n) is 50.0. The van der Waals surface area contributed by atoms with Gasteiger partial charge in [-0.15, -0.1) is 0 Å². The minimum absolute atomic E-state index is 0.0199. The summed E-state index contributed by atoms with van der Waals surface area (Å²) in [7, 11) is 0. The molecule has 0 atom stereocenters. The van der Waals surface area contributed by atoms with Crippen molar-refractivity contribution in [2.45, 2.75) is 124 Å². The van der Waals surface area contributed by atoms with Crippen LogP contribution in [-0.4, -0.2) is 9.13 Å². The number of benzene rings is 10. The zero-order valence-corrected chi connectivity index (χ0v) is 50.0. The van der Waals surface area contributed by atoms with Gasteiger partial charge in [0.1, 0.15) is 0 Å². The molecule has 0 radical (unpaired) electrons. The van der Waals surface area contributed by atoms with Crippen molar-refractivity contribution < 1.29 is 0 Å². The van der Waals surface area contributed by atoms with Gasteiger partial charge < -0.3 is 9.13 Å². The van der Waals surface area contributed by atoms with Gasteiger partial charge in [0.15, 0.2) is 0 Å². The predicted octanol–water partition coefficient (Wildman–Crippen LogP) is 22.0. The first-order chi connectivity index (χ1) is 38.5. The monoisotopic (exact) mass is 1050 g/mol. The van der Waals surface area contributed by atoms with Gasteiger partial charge in [-0.25, -0.2) is 0 Å². The summed E-state index contributed by atoms with van der Waals surface area (Å²) >= 11 is 0. The lowest BCUT2D eigenvalue weighted by molar-refractivity contribution is 0.590. The summed E-state index contributed by atoms with van der Waals surface area (Å²) in [4.78, 5) is 0. The van der Waals surface area contributed by atoms with E-state index >= 15 is 0 Å². The highest BCUT2D eigenvalue weighted by molar-refractivity contribution is 6.17. The van der Waals surface area contributed by atoms with Gasteiger partial charge in [-0.3, -0.25) is 0 Å². The number of hydrogen-bond donors (Lipinski definition) is 0. The third-order valence-electron chi connectivity index (χ3n) is 18.0. The molecule has 0 N–H and O–H groups in total. The van der Waals surface area contributed by atoms with E-state index in [-0.39, 0.29) is 21.7 Å². The summed E-state index contributed by atoms with van der Waals surface area (Å²) in [5.41, 5.74) is 24.9. The Morgan fingerprint density at radius 1 is 0.272 bits per heavy atom. The van der Waals surface area contributed by atoms with Gasteiger partial charge in [0, 0.05) is 38.1 Å². The lowest BCUT2D eigenvalue weighted by Crippen LogP contribution is -2.16. The Bertz CT molecular complexity index is 4160. The van der Waals surface area contributed by atoms with E-state index in [1.807, 2.05) is 0 Å². The molecule has 13 rings (SSSR count). The lowest BCUT2D eigenvalue weighted by atomic mass is 9.81. The van der Waals surface area contributed by atoms with Crippen molar-refractivity contribution >= 4 is 43.4 Å². The Hall–Kier alpha value is -8.20. The molecule has 10 aromatic carbocycles. The van der Waals surface area contributed by atoms with E-state index in [1.54, 1.807) is 0 Å². The summed E-state index contributed by atoms with van der Waals surface area (Å²) in [6.07, 6.45) is 0. The summed E-state index contributed by atoms with van der Waals surface area (Å²) in [6.45, 7) is 32.6. The molecule has 0 spiro atoms. The number of aromatic nitrogens is 2. The normalized spacial score (nSPS) is 13.7. The van der Waals surface area contributed by atoms with E-state index < -0.39 is 5.41 Å². The molecule has 0 unspecified atom stereocenters. The topological polar surface area (TPSA) is 9.86 Å². The fourth-order valence-corrected chi connectivity index (χ4v) is 13.4. The third kappa shape index (κ3) is 8.42. The van der Waals surface area contributed by atoms with Crippen LogP contribution in [0, 0.1) is 0 Å². The Balaban J connectivity index is 1.09. The first-order valence-electron chi connectivity index (χ1n) is 29.3. The second-order valence-electron chi connectivity index (χ2n) is 27.8. The quantitative estimate of drug-likeness (QED) is 0.157. The molecule has 402 valence electrons. The molecule has 0 saturated carbocycles. The van der Waals surface area contributed by atoms with Crippen LogP contribution in [0.25, 0.3) is 111 Å². The number of fused-ring (bicyclic) bond motifs is 9. The molecule has 12 aromatic rings. The molecule has 0 fully saturated rings. The predicted molar refractivity (Wildman–Crippen MR) is 349 cm³/mol. The SMILES string of the molecule is CC(C)(C)c1ccc(-c2c(-c3ccc(C(C)(C)C)cc3)n(-c3cc4c(c5ccccc35)-c3c(cc(-n5c(-c6ccc(C(C)(C)C)cc6)c(-c6ccc(C(C)(C)C)cc6)c6ccccc65)c5ccccc35)C4(C)C)c3ccccc23)cc1. The maximum Gasteiger partial charge on any atom is 0.0619 e. The van der Waals surface area contributed by atoms with E-state index in [0.29, 0.717) is 0 Å². The summed E-state index contributed by atoms with van der Waals surface area (Å²) in [5.74, 6) is 0. The van der Waals surface area contributed by atoms with Crippen LogP contribution in [0.1, 0.15) is 130 Å². The van der Waals surface area contributed by atoms with Crippen LogP contribution in [0.5, 0.6) is 0 Å². The Kier molecular flexibility index (Phi) is 11.9. The minimum atomic E-state index is -0.394. The van der Waals surface area contributed by atoms with Crippen molar-refractivity contribution in [3.05, 3.63) is 240 Å². The molecule has 0 bridgehead atoms. The third-order valence-corrected chi connectivity index (χ3v) is 18.0. The maximum atomic E-state index is 2.61. The maximum absolute atomic E-state index is 2.61. The molecular formula is C79H76N2. The number of rotatable bonds is 6. The Morgan fingerprint density at radius 2 is 0.531 bits per heavy atom. The average Bonchev–Trinajstić information content (AvgIpc) is 3.78. The molecule has 1 aliphatic rings. The Morgan fingerprint density at radius 3 is 0.827 bits per heavy atom. The van der Waals surface area contributed by atoms with Crippen LogP contribution >= 0.6 is 0 Å². The smallest absolute Gasteiger partial charge is 0.0619 e. The van der Waals surface area contributed by atoms with E-state index in [9.17, 15) is 0 Å². The largest absolute Gasteiger partial charge is 0.308 e. The first kappa shape index (κ1) is 52.2. The van der Waals surface area contributed by atoms with Crippen molar-refractivity contribution in [3.8, 4) is 67.3 Å². The Labute approximate surface area is 480 Å². The molecule has 2 heteroatoms. The average molecular weight is 1050 g/mol. The number of para-hydroxylation sites is 2. The molecule has 81 heavy (non-hydrogen) atoms. The zero-order chi connectivity index (χ0) is 56.7. The molecule has 2 nitrogen and oxygen atoms in total. The highest BCUT2D eigenvalue weighted by atomic mass is 15.0. The van der Waals surface area contributed by atoms with Gasteiger partial charge in [-0.05, 0) is 123 Å². The van der Waals surface area contributed by atoms with E-state index in [1.165, 1.54) is 144 Å².